The van der Waals surface area contributed by atoms with E-state index in [2.05, 4.69) is 20.0 Å². The first kappa shape index (κ1) is 9.73. The van der Waals surface area contributed by atoms with Crippen LogP contribution in [-0.4, -0.2) is 22.7 Å². The monoisotopic (exact) mass is 201 g/mol. The van der Waals surface area contributed by atoms with E-state index in [1.54, 1.807) is 6.92 Å². The number of hydrogen-bond acceptors (Lipinski definition) is 4. The molecule has 1 rings (SSSR count). The third kappa shape index (κ3) is 2.87. The number of nitrogens with zero attached hydrogens (tertiary/aromatic N) is 2. The smallest absolute Gasteiger partial charge is 0.411 e. The Morgan fingerprint density at radius 2 is 2.54 bits per heavy atom. The number of aromatic nitrogens is 2. The van der Waals surface area contributed by atoms with Gasteiger partial charge in [-0.25, -0.2) is 14.8 Å². The Kier molecular flexibility index (Phi) is 3.45. The van der Waals surface area contributed by atoms with Gasteiger partial charge in [-0.05, 0) is 6.92 Å². The highest BCUT2D eigenvalue weighted by molar-refractivity contribution is 6.32. The van der Waals surface area contributed by atoms with E-state index in [0.717, 1.165) is 0 Å². The van der Waals surface area contributed by atoms with E-state index < -0.39 is 6.09 Å². The molecule has 0 radical (unpaired) electrons. The van der Waals surface area contributed by atoms with Crippen LogP contribution in [-0.2, 0) is 4.74 Å². The van der Waals surface area contributed by atoms with Gasteiger partial charge in [0.25, 0.3) is 0 Å². The van der Waals surface area contributed by atoms with E-state index in [4.69, 9.17) is 11.6 Å². The molecule has 0 spiro atoms. The number of rotatable bonds is 2. The summed E-state index contributed by atoms with van der Waals surface area (Å²) >= 11 is 5.65. The third-order valence-electron chi connectivity index (χ3n) is 1.18. The zero-order chi connectivity index (χ0) is 9.68. The van der Waals surface area contributed by atoms with Crippen molar-refractivity contribution in [3.8, 4) is 0 Å². The van der Waals surface area contributed by atoms with Gasteiger partial charge in [0.15, 0.2) is 5.15 Å². The summed E-state index contributed by atoms with van der Waals surface area (Å²) in [5.41, 5.74) is 0.336. The lowest BCUT2D eigenvalue weighted by Gasteiger charge is -2.04. The highest BCUT2D eigenvalue weighted by Crippen LogP contribution is 2.15. The van der Waals surface area contributed by atoms with Crippen molar-refractivity contribution in [3.63, 3.8) is 0 Å². The van der Waals surface area contributed by atoms with Crippen LogP contribution >= 0.6 is 11.6 Å². The van der Waals surface area contributed by atoms with Gasteiger partial charge in [-0.3, -0.25) is 5.32 Å². The summed E-state index contributed by atoms with van der Waals surface area (Å²) in [4.78, 5) is 18.3. The minimum Gasteiger partial charge on any atom is -0.450 e. The predicted octanol–water partition coefficient (Wildman–Crippen LogP) is 1.70. The highest BCUT2D eigenvalue weighted by atomic mass is 35.5. The van der Waals surface area contributed by atoms with E-state index >= 15 is 0 Å². The lowest BCUT2D eigenvalue weighted by atomic mass is 10.5. The molecule has 1 aromatic heterocycles. The van der Waals surface area contributed by atoms with Crippen molar-refractivity contribution >= 4 is 23.4 Å². The molecule has 0 fully saturated rings. The summed E-state index contributed by atoms with van der Waals surface area (Å²) in [6.45, 7) is 2.01. The quantitative estimate of drug-likeness (QED) is 0.740. The molecule has 6 heteroatoms. The Morgan fingerprint density at radius 1 is 1.77 bits per heavy atom. The standard InChI is InChI=1S/C7H8ClN3O2/c1-2-13-7(12)11-5-3-9-4-10-6(5)8/h3-4H,2H2,1H3,(H,11,12). The van der Waals surface area contributed by atoms with Crippen molar-refractivity contribution < 1.29 is 9.53 Å². The van der Waals surface area contributed by atoms with E-state index in [-0.39, 0.29) is 5.15 Å². The number of carbonyl (C=O) groups is 1. The second kappa shape index (κ2) is 4.61. The summed E-state index contributed by atoms with van der Waals surface area (Å²) in [5, 5.41) is 2.58. The van der Waals surface area contributed by atoms with E-state index in [9.17, 15) is 4.79 Å². The summed E-state index contributed by atoms with van der Waals surface area (Å²) in [6, 6.07) is 0. The molecule has 0 aliphatic carbocycles. The number of nitrogens with one attached hydrogen (secondary N) is 1. The Labute approximate surface area is 80.1 Å². The first-order chi connectivity index (χ1) is 6.24. The molecule has 1 heterocycles. The van der Waals surface area contributed by atoms with E-state index in [0.29, 0.717) is 12.3 Å². The molecular formula is C7H8ClN3O2. The SMILES string of the molecule is CCOC(=O)Nc1cncnc1Cl. The van der Waals surface area contributed by atoms with Gasteiger partial charge < -0.3 is 4.74 Å². The van der Waals surface area contributed by atoms with Crippen molar-refractivity contribution in [3.05, 3.63) is 17.7 Å². The maximum atomic E-state index is 10.9. The number of ether oxygens (including phenoxy) is 1. The average molecular weight is 202 g/mol. The summed E-state index contributed by atoms with van der Waals surface area (Å²) in [6.07, 6.45) is 2.12. The largest absolute Gasteiger partial charge is 0.450 e. The molecule has 0 saturated carbocycles. The normalized spacial score (nSPS) is 9.38. The fourth-order valence-electron chi connectivity index (χ4n) is 0.676. The molecule has 13 heavy (non-hydrogen) atoms. The topological polar surface area (TPSA) is 64.1 Å². The number of anilines is 1. The molecule has 0 atom stereocenters. The fourth-order valence-corrected chi connectivity index (χ4v) is 0.815. The minimum atomic E-state index is -0.570. The van der Waals surface area contributed by atoms with Crippen LogP contribution in [0.4, 0.5) is 10.5 Å². The molecule has 0 aromatic carbocycles. The Balaban J connectivity index is 2.63. The summed E-state index contributed by atoms with van der Waals surface area (Å²) in [7, 11) is 0. The molecule has 1 aromatic rings. The zero-order valence-corrected chi connectivity index (χ0v) is 7.71. The maximum absolute atomic E-state index is 10.9. The first-order valence-electron chi connectivity index (χ1n) is 3.63. The van der Waals surface area contributed by atoms with Crippen LogP contribution in [0, 0.1) is 0 Å². The van der Waals surface area contributed by atoms with Crippen LogP contribution in [0.15, 0.2) is 12.5 Å². The van der Waals surface area contributed by atoms with Crippen molar-refractivity contribution in [1.29, 1.82) is 0 Å². The fraction of sp³-hybridized carbons (Fsp3) is 0.286. The van der Waals surface area contributed by atoms with Gasteiger partial charge in [0.1, 0.15) is 6.33 Å². The number of halogens is 1. The molecule has 0 saturated heterocycles. The predicted molar refractivity (Wildman–Crippen MR) is 47.7 cm³/mol. The van der Waals surface area contributed by atoms with E-state index in [1.165, 1.54) is 12.5 Å². The number of amides is 1. The Bertz CT molecular complexity index is 306. The molecule has 0 aliphatic rings. The molecular weight excluding hydrogens is 194 g/mol. The maximum Gasteiger partial charge on any atom is 0.411 e. The van der Waals surface area contributed by atoms with E-state index in [1.807, 2.05) is 0 Å². The first-order valence-corrected chi connectivity index (χ1v) is 4.01. The lowest BCUT2D eigenvalue weighted by Crippen LogP contribution is -2.13. The van der Waals surface area contributed by atoms with Gasteiger partial charge in [0.05, 0.1) is 18.5 Å². The van der Waals surface area contributed by atoms with Crippen molar-refractivity contribution in [2.75, 3.05) is 11.9 Å². The Morgan fingerprint density at radius 3 is 3.15 bits per heavy atom. The van der Waals surface area contributed by atoms with Crippen molar-refractivity contribution in [2.24, 2.45) is 0 Å². The Hall–Kier alpha value is -1.36. The molecule has 1 amide bonds. The van der Waals surface area contributed by atoms with Gasteiger partial charge in [-0.15, -0.1) is 0 Å². The van der Waals surface area contributed by atoms with Crippen LogP contribution in [0.2, 0.25) is 5.15 Å². The second-order valence-electron chi connectivity index (χ2n) is 2.07. The lowest BCUT2D eigenvalue weighted by molar-refractivity contribution is 0.168. The molecule has 0 aliphatic heterocycles. The van der Waals surface area contributed by atoms with Gasteiger partial charge in [-0.1, -0.05) is 11.6 Å². The van der Waals surface area contributed by atoms with Crippen molar-refractivity contribution in [1.82, 2.24) is 9.97 Å². The second-order valence-corrected chi connectivity index (χ2v) is 2.43. The number of carbonyl (C=O) groups excluding carboxylic acids is 1. The molecule has 70 valence electrons. The number of hydrogen-bond donors (Lipinski definition) is 1. The van der Waals surface area contributed by atoms with Crippen LogP contribution in [0.3, 0.4) is 0 Å². The summed E-state index contributed by atoms with van der Waals surface area (Å²) in [5.74, 6) is 0. The molecule has 5 nitrogen and oxygen atoms in total. The van der Waals surface area contributed by atoms with Gasteiger partial charge >= 0.3 is 6.09 Å². The van der Waals surface area contributed by atoms with Gasteiger partial charge in [0, 0.05) is 0 Å². The van der Waals surface area contributed by atoms with Gasteiger partial charge in [0.2, 0.25) is 0 Å². The third-order valence-corrected chi connectivity index (χ3v) is 1.48. The van der Waals surface area contributed by atoms with Crippen LogP contribution in [0.25, 0.3) is 0 Å². The van der Waals surface area contributed by atoms with Crippen LogP contribution in [0.5, 0.6) is 0 Å². The molecule has 1 N–H and O–H groups in total. The molecule has 0 unspecified atom stereocenters. The highest BCUT2D eigenvalue weighted by Gasteiger charge is 2.05. The molecule has 0 bridgehead atoms. The average Bonchev–Trinajstić information content (AvgIpc) is 2.09. The van der Waals surface area contributed by atoms with Gasteiger partial charge in [-0.2, -0.15) is 0 Å². The van der Waals surface area contributed by atoms with Crippen LogP contribution in [0.1, 0.15) is 6.92 Å². The van der Waals surface area contributed by atoms with Crippen molar-refractivity contribution in [2.45, 2.75) is 6.92 Å². The zero-order valence-electron chi connectivity index (χ0n) is 6.95. The minimum absolute atomic E-state index is 0.183. The van der Waals surface area contributed by atoms with Crippen LogP contribution < -0.4 is 5.32 Å². The summed E-state index contributed by atoms with van der Waals surface area (Å²) < 4.78 is 4.64.